The van der Waals surface area contributed by atoms with E-state index in [0.29, 0.717) is 21.7 Å². The molecule has 0 N–H and O–H groups in total. The highest BCUT2D eigenvalue weighted by atomic mass is 32.2. The number of aliphatic imine (C=N–C) groups is 1. The number of amides is 1. The summed E-state index contributed by atoms with van der Waals surface area (Å²) in [7, 11) is 1.34. The van der Waals surface area contributed by atoms with E-state index in [-0.39, 0.29) is 23.5 Å². The van der Waals surface area contributed by atoms with Gasteiger partial charge in [0, 0.05) is 57.9 Å². The van der Waals surface area contributed by atoms with Crippen molar-refractivity contribution >= 4 is 28.9 Å². The van der Waals surface area contributed by atoms with Gasteiger partial charge in [-0.2, -0.15) is 31.3 Å². The minimum atomic E-state index is -5.01. The fourth-order valence-corrected chi connectivity index (χ4v) is 6.11. The van der Waals surface area contributed by atoms with Crippen LogP contribution in [0.4, 0.5) is 26.3 Å². The quantitative estimate of drug-likeness (QED) is 0.282. The van der Waals surface area contributed by atoms with E-state index in [2.05, 4.69) is 19.7 Å². The molecule has 0 aromatic heterocycles. The highest BCUT2D eigenvalue weighted by molar-refractivity contribution is 8.18. The lowest BCUT2D eigenvalue weighted by atomic mass is 10.0. The Hall–Kier alpha value is -3.27. The lowest BCUT2D eigenvalue weighted by Crippen LogP contribution is -2.50. The molecule has 3 aliphatic heterocycles. The maximum atomic E-state index is 13.5. The fourth-order valence-electron chi connectivity index (χ4n) is 5.15. The number of rotatable bonds is 8. The Balaban J connectivity index is 1.18. The van der Waals surface area contributed by atoms with Crippen molar-refractivity contribution < 1.29 is 45.3 Å². The first-order valence-electron chi connectivity index (χ1n) is 14.3. The summed E-state index contributed by atoms with van der Waals surface area (Å²) in [4.78, 5) is 24.3. The summed E-state index contributed by atoms with van der Waals surface area (Å²) in [5, 5.41) is 0.642. The number of hydrogen-bond donors (Lipinski definition) is 0. The Kier molecular flexibility index (Phi) is 10.3. The average molecular weight is 659 g/mol. The van der Waals surface area contributed by atoms with E-state index < -0.39 is 35.6 Å². The largest absolute Gasteiger partial charge is 0.493 e. The summed E-state index contributed by atoms with van der Waals surface area (Å²) < 4.78 is 95.8. The molecule has 2 aromatic carbocycles. The van der Waals surface area contributed by atoms with Gasteiger partial charge in [-0.05, 0) is 47.7 Å². The first-order chi connectivity index (χ1) is 21.4. The number of carbonyl (C=O) groups excluding carboxylic acids is 1. The summed E-state index contributed by atoms with van der Waals surface area (Å²) >= 11 is 1.28. The Morgan fingerprint density at radius 2 is 1.58 bits per heavy atom. The number of carbonyl (C=O) groups is 1. The second-order valence-electron chi connectivity index (χ2n) is 10.7. The van der Waals surface area contributed by atoms with E-state index in [1.807, 2.05) is 0 Å². The van der Waals surface area contributed by atoms with Gasteiger partial charge in [-0.1, -0.05) is 12.1 Å². The smallest absolute Gasteiger partial charge is 0.416 e. The molecule has 2 saturated heterocycles. The zero-order chi connectivity index (χ0) is 32.2. The molecule has 15 heteroatoms. The number of piperazine rings is 1. The molecule has 3 aliphatic rings. The second kappa shape index (κ2) is 14.0. The topological polar surface area (TPSA) is 66.8 Å². The van der Waals surface area contributed by atoms with Crippen LogP contribution in [0.3, 0.4) is 0 Å². The molecule has 0 unspecified atom stereocenters. The van der Waals surface area contributed by atoms with Gasteiger partial charge in [-0.3, -0.25) is 14.6 Å². The van der Waals surface area contributed by atoms with Gasteiger partial charge in [-0.25, -0.2) is 0 Å². The molecule has 0 aliphatic carbocycles. The predicted molar refractivity (Wildman–Crippen MR) is 157 cm³/mol. The van der Waals surface area contributed by atoms with E-state index in [1.165, 1.54) is 24.9 Å². The van der Waals surface area contributed by atoms with Crippen LogP contribution in [0.15, 0.2) is 46.3 Å². The number of ether oxygens (including phenoxy) is 3. The van der Waals surface area contributed by atoms with Gasteiger partial charge in [-0.15, -0.1) is 0 Å². The van der Waals surface area contributed by atoms with Crippen molar-refractivity contribution in [1.82, 2.24) is 14.7 Å². The Morgan fingerprint density at radius 1 is 0.889 bits per heavy atom. The summed E-state index contributed by atoms with van der Waals surface area (Å²) in [6.07, 6.45) is -8.29. The number of thioether (sulfide) groups is 1. The SMILES string of the molecule is COc1cc(/C=C2/SC(N3CCN(CCN4CCOCC4)CC3)=NC2=O)ccc1OCc1ccc(C(F)(F)F)cc1C(F)(F)F. The summed E-state index contributed by atoms with van der Waals surface area (Å²) in [5.41, 5.74) is -2.72. The van der Waals surface area contributed by atoms with Crippen LogP contribution < -0.4 is 9.47 Å². The molecule has 45 heavy (non-hydrogen) atoms. The minimum Gasteiger partial charge on any atom is -0.493 e. The van der Waals surface area contributed by atoms with Gasteiger partial charge in [0.1, 0.15) is 6.61 Å². The van der Waals surface area contributed by atoms with Crippen molar-refractivity contribution in [3.63, 3.8) is 0 Å². The van der Waals surface area contributed by atoms with Crippen molar-refractivity contribution in [2.75, 3.05) is 72.7 Å². The molecule has 8 nitrogen and oxygen atoms in total. The van der Waals surface area contributed by atoms with Crippen LogP contribution in [0.2, 0.25) is 0 Å². The maximum Gasteiger partial charge on any atom is 0.416 e. The van der Waals surface area contributed by atoms with Crippen LogP contribution in [0.1, 0.15) is 22.3 Å². The van der Waals surface area contributed by atoms with Crippen LogP contribution in [0.5, 0.6) is 11.5 Å². The molecule has 1 amide bonds. The number of halogens is 6. The molecular weight excluding hydrogens is 626 g/mol. The highest BCUT2D eigenvalue weighted by Crippen LogP contribution is 2.39. The Morgan fingerprint density at radius 3 is 2.22 bits per heavy atom. The normalized spacial score (nSPS) is 19.7. The van der Waals surface area contributed by atoms with Gasteiger partial charge < -0.3 is 19.1 Å². The van der Waals surface area contributed by atoms with Crippen LogP contribution >= 0.6 is 11.8 Å². The van der Waals surface area contributed by atoms with Gasteiger partial charge in [0.25, 0.3) is 5.91 Å². The summed E-state index contributed by atoms with van der Waals surface area (Å²) in [5.74, 6) is -0.109. The van der Waals surface area contributed by atoms with Crippen LogP contribution in [-0.4, -0.2) is 98.5 Å². The first-order valence-corrected chi connectivity index (χ1v) is 15.1. The Labute approximate surface area is 260 Å². The van der Waals surface area contributed by atoms with E-state index in [4.69, 9.17) is 14.2 Å². The third-order valence-corrected chi connectivity index (χ3v) is 8.74. The molecule has 0 spiro atoms. The third-order valence-electron chi connectivity index (χ3n) is 7.70. The third kappa shape index (κ3) is 8.51. The van der Waals surface area contributed by atoms with Crippen molar-refractivity contribution in [2.45, 2.75) is 19.0 Å². The lowest BCUT2D eigenvalue weighted by Gasteiger charge is -2.36. The molecule has 0 bridgehead atoms. The van der Waals surface area contributed by atoms with Crippen molar-refractivity contribution in [2.24, 2.45) is 4.99 Å². The fraction of sp³-hybridized carbons (Fsp3) is 0.467. The number of morpholine rings is 1. The molecule has 2 fully saturated rings. The Bertz CT molecular complexity index is 1430. The first kappa shape index (κ1) is 33.1. The lowest BCUT2D eigenvalue weighted by molar-refractivity contribution is -0.143. The number of benzene rings is 2. The molecule has 0 radical (unpaired) electrons. The van der Waals surface area contributed by atoms with E-state index in [9.17, 15) is 31.1 Å². The number of hydrogen-bond acceptors (Lipinski definition) is 8. The number of nitrogens with zero attached hydrogens (tertiary/aromatic N) is 4. The zero-order valence-electron chi connectivity index (χ0n) is 24.4. The molecule has 3 heterocycles. The summed E-state index contributed by atoms with van der Waals surface area (Å²) in [6, 6.07) is 6.03. The van der Waals surface area contributed by atoms with Crippen molar-refractivity contribution in [3.05, 3.63) is 63.6 Å². The van der Waals surface area contributed by atoms with E-state index in [1.54, 1.807) is 18.2 Å². The van der Waals surface area contributed by atoms with Crippen molar-refractivity contribution in [1.29, 1.82) is 0 Å². The molecule has 0 saturated carbocycles. The standard InChI is InChI=1S/C30H32F6N4O4S/c1-42-25-16-20(2-5-24(25)44-19-21-3-4-22(29(31,32)33)18-23(21)30(34,35)36)17-26-27(41)37-28(45-26)40-10-8-38(9-11-40)6-7-39-12-14-43-15-13-39/h2-5,16-18H,6-15,19H2,1H3/b26-17+. The number of amidine groups is 1. The molecule has 0 atom stereocenters. The minimum absolute atomic E-state index is 0.0738. The van der Waals surface area contributed by atoms with Gasteiger partial charge in [0.15, 0.2) is 16.7 Å². The monoisotopic (exact) mass is 658 g/mol. The van der Waals surface area contributed by atoms with Crippen molar-refractivity contribution in [3.8, 4) is 11.5 Å². The van der Waals surface area contributed by atoms with Gasteiger partial charge >= 0.3 is 12.4 Å². The zero-order valence-corrected chi connectivity index (χ0v) is 25.2. The molecular formula is C30H32F6N4O4S. The number of alkyl halides is 6. The summed E-state index contributed by atoms with van der Waals surface area (Å²) in [6.45, 7) is 8.04. The van der Waals surface area contributed by atoms with Crippen LogP contribution in [0.25, 0.3) is 6.08 Å². The van der Waals surface area contributed by atoms with Crippen LogP contribution in [-0.2, 0) is 28.5 Å². The van der Waals surface area contributed by atoms with E-state index >= 15 is 0 Å². The average Bonchev–Trinajstić information content (AvgIpc) is 3.38. The van der Waals surface area contributed by atoms with Gasteiger partial charge in [0.05, 0.1) is 36.4 Å². The molecule has 2 aromatic rings. The van der Waals surface area contributed by atoms with Crippen LogP contribution in [0, 0.1) is 0 Å². The second-order valence-corrected chi connectivity index (χ2v) is 11.7. The highest BCUT2D eigenvalue weighted by Gasteiger charge is 2.38. The molecule has 244 valence electrons. The van der Waals surface area contributed by atoms with E-state index in [0.717, 1.165) is 71.6 Å². The maximum absolute atomic E-state index is 13.5. The molecule has 5 rings (SSSR count). The number of methoxy groups -OCH3 is 1. The predicted octanol–water partition coefficient (Wildman–Crippen LogP) is 5.23. The van der Waals surface area contributed by atoms with Gasteiger partial charge in [0.2, 0.25) is 0 Å².